The Kier molecular flexibility index (Phi) is 4.31. The molecule has 0 bridgehead atoms. The molecule has 0 saturated carbocycles. The SMILES string of the molecule is CC(=O)Oc1c(C)cc(/C=C2/N=C(c3cccs3)OC2=O)cc1C. The van der Waals surface area contributed by atoms with Gasteiger partial charge in [-0.2, -0.15) is 0 Å². The number of cyclic esters (lactones) is 1. The van der Waals surface area contributed by atoms with E-state index in [9.17, 15) is 9.59 Å². The molecule has 0 aliphatic carbocycles. The predicted octanol–water partition coefficient (Wildman–Crippen LogP) is 3.63. The van der Waals surface area contributed by atoms with Crippen LogP contribution in [0.3, 0.4) is 0 Å². The van der Waals surface area contributed by atoms with Crippen LogP contribution in [0.25, 0.3) is 6.08 Å². The number of carbonyl (C=O) groups is 2. The fourth-order valence-corrected chi connectivity index (χ4v) is 3.09. The van der Waals surface area contributed by atoms with Crippen molar-refractivity contribution < 1.29 is 19.1 Å². The van der Waals surface area contributed by atoms with Gasteiger partial charge >= 0.3 is 11.9 Å². The van der Waals surface area contributed by atoms with E-state index in [0.29, 0.717) is 11.6 Å². The first-order valence-electron chi connectivity index (χ1n) is 7.30. The van der Waals surface area contributed by atoms with Crippen molar-refractivity contribution in [2.75, 3.05) is 0 Å². The molecule has 2 aromatic rings. The summed E-state index contributed by atoms with van der Waals surface area (Å²) in [7, 11) is 0. The van der Waals surface area contributed by atoms with Crippen LogP contribution in [-0.2, 0) is 14.3 Å². The molecule has 0 fully saturated rings. The molecular formula is C18H15NO4S. The van der Waals surface area contributed by atoms with E-state index in [2.05, 4.69) is 4.99 Å². The third-order valence-electron chi connectivity index (χ3n) is 3.38. The zero-order chi connectivity index (χ0) is 17.3. The van der Waals surface area contributed by atoms with Crippen LogP contribution in [0, 0.1) is 13.8 Å². The Morgan fingerprint density at radius 1 is 1.29 bits per heavy atom. The standard InChI is InChI=1S/C18H15NO4S/c1-10-7-13(8-11(2)16(10)22-12(3)20)9-14-18(21)23-17(19-14)15-5-4-6-24-15/h4-9H,1-3H3/b14-9+. The van der Waals surface area contributed by atoms with Crippen molar-refractivity contribution in [2.24, 2.45) is 4.99 Å². The molecular weight excluding hydrogens is 326 g/mol. The summed E-state index contributed by atoms with van der Waals surface area (Å²) in [5.74, 6) is 0.0299. The Morgan fingerprint density at radius 3 is 2.58 bits per heavy atom. The van der Waals surface area contributed by atoms with Crippen molar-refractivity contribution in [1.29, 1.82) is 0 Å². The average Bonchev–Trinajstić information content (AvgIpc) is 3.13. The highest BCUT2D eigenvalue weighted by Crippen LogP contribution is 2.27. The molecule has 0 spiro atoms. The minimum absolute atomic E-state index is 0.248. The topological polar surface area (TPSA) is 65.0 Å². The molecule has 0 amide bonds. The number of benzene rings is 1. The van der Waals surface area contributed by atoms with E-state index in [1.165, 1.54) is 18.3 Å². The first kappa shape index (κ1) is 16.1. The monoisotopic (exact) mass is 341 g/mol. The lowest BCUT2D eigenvalue weighted by atomic mass is 10.0. The Bertz CT molecular complexity index is 855. The summed E-state index contributed by atoms with van der Waals surface area (Å²) in [5.41, 5.74) is 2.67. The minimum Gasteiger partial charge on any atom is -0.426 e. The maximum absolute atomic E-state index is 12.0. The van der Waals surface area contributed by atoms with Crippen molar-refractivity contribution in [3.63, 3.8) is 0 Å². The summed E-state index contributed by atoms with van der Waals surface area (Å²) >= 11 is 1.46. The van der Waals surface area contributed by atoms with Crippen LogP contribution in [-0.4, -0.2) is 17.8 Å². The summed E-state index contributed by atoms with van der Waals surface area (Å²) in [5, 5.41) is 1.90. The van der Waals surface area contributed by atoms with Crippen molar-refractivity contribution in [1.82, 2.24) is 0 Å². The van der Waals surface area contributed by atoms with Crippen molar-refractivity contribution in [2.45, 2.75) is 20.8 Å². The Balaban J connectivity index is 1.94. The van der Waals surface area contributed by atoms with Crippen molar-refractivity contribution >= 4 is 35.2 Å². The number of rotatable bonds is 3. The molecule has 1 aliphatic rings. The molecule has 0 N–H and O–H groups in total. The second kappa shape index (κ2) is 6.41. The van der Waals surface area contributed by atoms with Gasteiger partial charge in [-0.1, -0.05) is 6.07 Å². The Hall–Kier alpha value is -2.73. The maximum Gasteiger partial charge on any atom is 0.363 e. The van der Waals surface area contributed by atoms with Crippen molar-refractivity contribution in [3.05, 3.63) is 56.9 Å². The number of aryl methyl sites for hydroxylation is 2. The van der Waals surface area contributed by atoms with Crippen LogP contribution in [0.5, 0.6) is 5.75 Å². The zero-order valence-electron chi connectivity index (χ0n) is 13.5. The molecule has 5 nitrogen and oxygen atoms in total. The smallest absolute Gasteiger partial charge is 0.363 e. The van der Waals surface area contributed by atoms with E-state index in [-0.39, 0.29) is 11.7 Å². The summed E-state index contributed by atoms with van der Waals surface area (Å²) in [6.07, 6.45) is 1.67. The fraction of sp³-hybridized carbons (Fsp3) is 0.167. The number of aliphatic imine (C=N–C) groups is 1. The lowest BCUT2D eigenvalue weighted by Crippen LogP contribution is -2.05. The van der Waals surface area contributed by atoms with Crippen molar-refractivity contribution in [3.8, 4) is 5.75 Å². The van der Waals surface area contributed by atoms with E-state index in [1.807, 2.05) is 43.5 Å². The van der Waals surface area contributed by atoms with Gasteiger partial charge in [-0.25, -0.2) is 9.79 Å². The van der Waals surface area contributed by atoms with Gasteiger partial charge in [0.05, 0.1) is 4.88 Å². The van der Waals surface area contributed by atoms with Gasteiger partial charge < -0.3 is 9.47 Å². The highest BCUT2D eigenvalue weighted by atomic mass is 32.1. The first-order valence-corrected chi connectivity index (χ1v) is 8.18. The molecule has 0 atom stereocenters. The van der Waals surface area contributed by atoms with Crippen LogP contribution < -0.4 is 4.74 Å². The number of nitrogens with zero attached hydrogens (tertiary/aromatic N) is 1. The van der Waals surface area contributed by atoms with E-state index in [0.717, 1.165) is 21.6 Å². The predicted molar refractivity (Wildman–Crippen MR) is 92.2 cm³/mol. The zero-order valence-corrected chi connectivity index (χ0v) is 14.3. The molecule has 6 heteroatoms. The van der Waals surface area contributed by atoms with E-state index in [1.54, 1.807) is 6.08 Å². The normalized spacial score (nSPS) is 15.4. The number of carbonyl (C=O) groups excluding carboxylic acids is 2. The second-order valence-electron chi connectivity index (χ2n) is 5.39. The van der Waals surface area contributed by atoms with Gasteiger partial charge in [-0.3, -0.25) is 4.79 Å². The van der Waals surface area contributed by atoms with Gasteiger partial charge in [0.1, 0.15) is 5.75 Å². The highest BCUT2D eigenvalue weighted by molar-refractivity contribution is 7.12. The van der Waals surface area contributed by atoms with Crippen LogP contribution in [0.1, 0.15) is 28.5 Å². The van der Waals surface area contributed by atoms with Gasteiger partial charge in [0.2, 0.25) is 5.90 Å². The molecule has 1 aliphatic heterocycles. The molecule has 3 rings (SSSR count). The van der Waals surface area contributed by atoms with Gasteiger partial charge in [-0.15, -0.1) is 11.3 Å². The van der Waals surface area contributed by atoms with Crippen LogP contribution in [0.15, 0.2) is 40.3 Å². The summed E-state index contributed by atoms with van der Waals surface area (Å²) in [6, 6.07) is 7.40. The molecule has 0 unspecified atom stereocenters. The molecule has 24 heavy (non-hydrogen) atoms. The fourth-order valence-electron chi connectivity index (χ4n) is 2.44. The lowest BCUT2D eigenvalue weighted by molar-refractivity contribution is -0.132. The van der Waals surface area contributed by atoms with Crippen LogP contribution in [0.4, 0.5) is 0 Å². The largest absolute Gasteiger partial charge is 0.426 e. The molecule has 2 heterocycles. The van der Waals surface area contributed by atoms with Gasteiger partial charge in [0.25, 0.3) is 0 Å². The van der Waals surface area contributed by atoms with E-state index >= 15 is 0 Å². The average molecular weight is 341 g/mol. The lowest BCUT2D eigenvalue weighted by Gasteiger charge is -2.10. The molecule has 1 aromatic heterocycles. The minimum atomic E-state index is -0.474. The maximum atomic E-state index is 12.0. The summed E-state index contributed by atoms with van der Waals surface area (Å²) in [6.45, 7) is 5.06. The number of hydrogen-bond donors (Lipinski definition) is 0. The highest BCUT2D eigenvalue weighted by Gasteiger charge is 2.24. The first-order chi connectivity index (χ1) is 11.4. The number of thiophene rings is 1. The Morgan fingerprint density at radius 2 is 2.00 bits per heavy atom. The number of esters is 2. The van der Waals surface area contributed by atoms with Gasteiger partial charge in [0, 0.05) is 6.92 Å². The summed E-state index contributed by atoms with van der Waals surface area (Å²) < 4.78 is 10.4. The van der Waals surface area contributed by atoms with Crippen LogP contribution >= 0.6 is 11.3 Å². The Labute approximate surface area is 143 Å². The molecule has 0 saturated heterocycles. The van der Waals surface area contributed by atoms with Crippen LogP contribution in [0.2, 0.25) is 0 Å². The third-order valence-corrected chi connectivity index (χ3v) is 4.24. The second-order valence-corrected chi connectivity index (χ2v) is 6.34. The number of ether oxygens (including phenoxy) is 2. The van der Waals surface area contributed by atoms with E-state index < -0.39 is 5.97 Å². The molecule has 0 radical (unpaired) electrons. The third kappa shape index (κ3) is 3.28. The van der Waals surface area contributed by atoms with Gasteiger partial charge in [-0.05, 0) is 60.2 Å². The van der Waals surface area contributed by atoms with Gasteiger partial charge in [0.15, 0.2) is 5.70 Å². The molecule has 1 aromatic carbocycles. The quantitative estimate of drug-likeness (QED) is 0.486. The van der Waals surface area contributed by atoms with E-state index in [4.69, 9.17) is 9.47 Å². The molecule has 122 valence electrons. The summed E-state index contributed by atoms with van der Waals surface area (Å²) in [4.78, 5) is 28.2. The number of hydrogen-bond acceptors (Lipinski definition) is 6.